The molecule has 1 aromatic carbocycles. The summed E-state index contributed by atoms with van der Waals surface area (Å²) >= 11 is 5.53. The van der Waals surface area contributed by atoms with Gasteiger partial charge in [0.05, 0.1) is 11.4 Å². The molecule has 0 saturated heterocycles. The largest absolute Gasteiger partial charge is 0.348 e. The number of amides is 1. The molecule has 21 heavy (non-hydrogen) atoms. The van der Waals surface area contributed by atoms with Crippen molar-refractivity contribution in [2.75, 3.05) is 13.1 Å². The SMILES string of the molecule is C=C(Cl)CNC(=O)C=Cc1ccc(S(=O)(=O)NCC)cc1. The van der Waals surface area contributed by atoms with E-state index in [1.165, 1.54) is 18.2 Å². The predicted octanol–water partition coefficient (Wildman–Crippen LogP) is 1.87. The fourth-order valence-corrected chi connectivity index (χ4v) is 2.55. The highest BCUT2D eigenvalue weighted by Crippen LogP contribution is 2.11. The molecule has 114 valence electrons. The van der Waals surface area contributed by atoms with E-state index in [0.717, 1.165) is 0 Å². The van der Waals surface area contributed by atoms with Gasteiger partial charge in [-0.2, -0.15) is 0 Å². The second-order valence-corrected chi connectivity index (χ2v) is 6.44. The van der Waals surface area contributed by atoms with Crippen molar-refractivity contribution in [2.24, 2.45) is 0 Å². The molecular weight excluding hydrogens is 312 g/mol. The average Bonchev–Trinajstić information content (AvgIpc) is 2.43. The topological polar surface area (TPSA) is 75.3 Å². The Morgan fingerprint density at radius 3 is 2.48 bits per heavy atom. The predicted molar refractivity (Wildman–Crippen MR) is 84.3 cm³/mol. The third-order valence-electron chi connectivity index (χ3n) is 2.41. The van der Waals surface area contributed by atoms with Crippen LogP contribution in [0, 0.1) is 0 Å². The van der Waals surface area contributed by atoms with Crippen molar-refractivity contribution in [2.45, 2.75) is 11.8 Å². The summed E-state index contributed by atoms with van der Waals surface area (Å²) in [6, 6.07) is 6.20. The lowest BCUT2D eigenvalue weighted by atomic mass is 10.2. The highest BCUT2D eigenvalue weighted by atomic mass is 35.5. The summed E-state index contributed by atoms with van der Waals surface area (Å²) in [5.74, 6) is -0.304. The van der Waals surface area contributed by atoms with Crippen LogP contribution >= 0.6 is 11.6 Å². The zero-order valence-electron chi connectivity index (χ0n) is 11.6. The first-order chi connectivity index (χ1) is 9.85. The molecule has 0 spiro atoms. The van der Waals surface area contributed by atoms with Gasteiger partial charge in [0.25, 0.3) is 0 Å². The van der Waals surface area contributed by atoms with Crippen molar-refractivity contribution in [1.82, 2.24) is 10.0 Å². The number of sulfonamides is 1. The molecule has 0 aliphatic heterocycles. The monoisotopic (exact) mass is 328 g/mol. The summed E-state index contributed by atoms with van der Waals surface area (Å²) in [4.78, 5) is 11.6. The highest BCUT2D eigenvalue weighted by molar-refractivity contribution is 7.89. The minimum absolute atomic E-state index is 0.185. The molecule has 0 aliphatic rings. The molecule has 5 nitrogen and oxygen atoms in total. The van der Waals surface area contributed by atoms with E-state index in [2.05, 4.69) is 16.6 Å². The third-order valence-corrected chi connectivity index (χ3v) is 4.10. The average molecular weight is 329 g/mol. The fraction of sp³-hybridized carbons (Fsp3) is 0.214. The standard InChI is InChI=1S/C14H17ClN2O3S/c1-3-17-21(19,20)13-7-4-12(5-8-13)6-9-14(18)16-10-11(2)15/h4-9,17H,2-3,10H2,1H3,(H,16,18). The van der Waals surface area contributed by atoms with Gasteiger partial charge >= 0.3 is 0 Å². The number of benzene rings is 1. The number of nitrogens with one attached hydrogen (secondary N) is 2. The Kier molecular flexibility index (Phi) is 6.61. The van der Waals surface area contributed by atoms with E-state index >= 15 is 0 Å². The van der Waals surface area contributed by atoms with Crippen LogP contribution in [-0.4, -0.2) is 27.4 Å². The Morgan fingerprint density at radius 2 is 1.95 bits per heavy atom. The zero-order valence-corrected chi connectivity index (χ0v) is 13.2. The van der Waals surface area contributed by atoms with Gasteiger partial charge in [-0.25, -0.2) is 13.1 Å². The van der Waals surface area contributed by atoms with Crippen molar-refractivity contribution in [1.29, 1.82) is 0 Å². The van der Waals surface area contributed by atoms with Crippen LogP contribution in [0.25, 0.3) is 6.08 Å². The van der Waals surface area contributed by atoms with Gasteiger partial charge in [0.15, 0.2) is 0 Å². The first-order valence-corrected chi connectivity index (χ1v) is 8.10. The Balaban J connectivity index is 2.71. The number of carbonyl (C=O) groups excluding carboxylic acids is 1. The van der Waals surface area contributed by atoms with E-state index in [9.17, 15) is 13.2 Å². The molecule has 0 aliphatic carbocycles. The number of hydrogen-bond acceptors (Lipinski definition) is 3. The molecule has 0 radical (unpaired) electrons. The molecule has 0 heterocycles. The quantitative estimate of drug-likeness (QED) is 0.750. The van der Waals surface area contributed by atoms with Gasteiger partial charge in [0, 0.05) is 17.7 Å². The van der Waals surface area contributed by atoms with Gasteiger partial charge < -0.3 is 5.32 Å². The maximum absolute atomic E-state index is 11.7. The van der Waals surface area contributed by atoms with Gasteiger partial charge in [0.1, 0.15) is 0 Å². The van der Waals surface area contributed by atoms with Gasteiger partial charge in [-0.15, -0.1) is 0 Å². The van der Waals surface area contributed by atoms with Gasteiger partial charge in [0.2, 0.25) is 15.9 Å². The van der Waals surface area contributed by atoms with Crippen LogP contribution in [0.15, 0.2) is 46.8 Å². The lowest BCUT2D eigenvalue weighted by Gasteiger charge is -2.04. The number of carbonyl (C=O) groups is 1. The van der Waals surface area contributed by atoms with Crippen molar-refractivity contribution in [3.8, 4) is 0 Å². The molecule has 0 fully saturated rings. The Labute approximate surface area is 129 Å². The Bertz CT molecular complexity index is 637. The Morgan fingerprint density at radius 1 is 1.33 bits per heavy atom. The second-order valence-electron chi connectivity index (χ2n) is 4.14. The molecule has 0 saturated carbocycles. The second kappa shape index (κ2) is 7.97. The van der Waals surface area contributed by atoms with E-state index in [1.54, 1.807) is 25.1 Å². The number of halogens is 1. The minimum Gasteiger partial charge on any atom is -0.348 e. The molecule has 1 amide bonds. The van der Waals surface area contributed by atoms with Crippen molar-refractivity contribution >= 4 is 33.6 Å². The first-order valence-electron chi connectivity index (χ1n) is 6.24. The summed E-state index contributed by atoms with van der Waals surface area (Å²) < 4.78 is 25.9. The summed E-state index contributed by atoms with van der Waals surface area (Å²) in [5.41, 5.74) is 0.713. The van der Waals surface area contributed by atoms with Crippen molar-refractivity contribution in [3.63, 3.8) is 0 Å². The molecular formula is C14H17ClN2O3S. The van der Waals surface area contributed by atoms with E-state index in [-0.39, 0.29) is 17.3 Å². The highest BCUT2D eigenvalue weighted by Gasteiger charge is 2.11. The van der Waals surface area contributed by atoms with Crippen LogP contribution in [0.2, 0.25) is 0 Å². The summed E-state index contributed by atoms with van der Waals surface area (Å²) in [6.07, 6.45) is 2.92. The van der Waals surface area contributed by atoms with E-state index in [4.69, 9.17) is 11.6 Å². The molecule has 0 atom stereocenters. The van der Waals surface area contributed by atoms with Crippen LogP contribution in [0.4, 0.5) is 0 Å². The maximum atomic E-state index is 11.7. The minimum atomic E-state index is -3.45. The van der Waals surface area contributed by atoms with Crippen LogP contribution in [0.5, 0.6) is 0 Å². The van der Waals surface area contributed by atoms with Crippen LogP contribution in [0.1, 0.15) is 12.5 Å². The normalized spacial score (nSPS) is 11.5. The fourth-order valence-electron chi connectivity index (χ4n) is 1.45. The van der Waals surface area contributed by atoms with Crippen LogP contribution < -0.4 is 10.0 Å². The van der Waals surface area contributed by atoms with Crippen LogP contribution in [-0.2, 0) is 14.8 Å². The van der Waals surface area contributed by atoms with Crippen LogP contribution in [0.3, 0.4) is 0 Å². The Hall–Kier alpha value is -1.63. The third kappa shape index (κ3) is 6.12. The van der Waals surface area contributed by atoms with Gasteiger partial charge in [-0.1, -0.05) is 37.2 Å². The number of rotatable bonds is 7. The van der Waals surface area contributed by atoms with Gasteiger partial charge in [-0.3, -0.25) is 4.79 Å². The van der Waals surface area contributed by atoms with Gasteiger partial charge in [-0.05, 0) is 23.8 Å². The lowest BCUT2D eigenvalue weighted by molar-refractivity contribution is -0.116. The van der Waals surface area contributed by atoms with E-state index in [0.29, 0.717) is 17.1 Å². The van der Waals surface area contributed by atoms with Crippen molar-refractivity contribution in [3.05, 3.63) is 47.5 Å². The summed E-state index contributed by atoms with van der Waals surface area (Å²) in [5, 5.41) is 2.88. The molecule has 1 rings (SSSR count). The molecule has 2 N–H and O–H groups in total. The first kappa shape index (κ1) is 17.4. The van der Waals surface area contributed by atoms with E-state index in [1.807, 2.05) is 0 Å². The van der Waals surface area contributed by atoms with Crippen molar-refractivity contribution < 1.29 is 13.2 Å². The number of hydrogen-bond donors (Lipinski definition) is 2. The molecule has 0 aromatic heterocycles. The zero-order chi connectivity index (χ0) is 15.9. The molecule has 1 aromatic rings. The maximum Gasteiger partial charge on any atom is 0.244 e. The van der Waals surface area contributed by atoms with E-state index < -0.39 is 10.0 Å². The molecule has 0 unspecified atom stereocenters. The molecule has 7 heteroatoms. The summed E-state index contributed by atoms with van der Waals surface area (Å²) in [7, 11) is -3.45. The summed E-state index contributed by atoms with van der Waals surface area (Å²) in [6.45, 7) is 5.70. The molecule has 0 bridgehead atoms. The smallest absolute Gasteiger partial charge is 0.244 e. The lowest BCUT2D eigenvalue weighted by Crippen LogP contribution is -2.23.